The van der Waals surface area contributed by atoms with Crippen molar-refractivity contribution < 1.29 is 4.79 Å². The average Bonchev–Trinajstić information content (AvgIpc) is 2.18. The number of hydrogen-bond donors (Lipinski definition) is 2. The van der Waals surface area contributed by atoms with E-state index in [1.165, 1.54) is 0 Å². The lowest BCUT2D eigenvalue weighted by Gasteiger charge is -2.17. The Morgan fingerprint density at radius 3 is 2.60 bits per heavy atom. The van der Waals surface area contributed by atoms with Crippen molar-refractivity contribution in [3.8, 4) is 0 Å². The first-order valence-corrected chi connectivity index (χ1v) is 6.80. The monoisotopic (exact) mass is 232 g/mol. The summed E-state index contributed by atoms with van der Waals surface area (Å²) in [5, 5.41) is 6.04. The Morgan fingerprint density at radius 2 is 2.07 bits per heavy atom. The van der Waals surface area contributed by atoms with Crippen LogP contribution in [0.4, 0.5) is 0 Å². The first-order chi connectivity index (χ1) is 7.11. The Hall–Kier alpha value is -0.220. The third kappa shape index (κ3) is 7.68. The Bertz CT molecular complexity index is 176. The lowest BCUT2D eigenvalue weighted by Crippen LogP contribution is -2.39. The molecule has 0 saturated heterocycles. The lowest BCUT2D eigenvalue weighted by atomic mass is 10.1. The molecule has 2 N–H and O–H groups in total. The predicted molar refractivity (Wildman–Crippen MR) is 68.3 cm³/mol. The molecule has 0 aromatic carbocycles. The molecule has 0 aromatic rings. The van der Waals surface area contributed by atoms with E-state index in [1.54, 1.807) is 0 Å². The van der Waals surface area contributed by atoms with Crippen molar-refractivity contribution in [3.05, 3.63) is 0 Å². The van der Waals surface area contributed by atoms with Crippen LogP contribution in [0.1, 0.15) is 27.2 Å². The summed E-state index contributed by atoms with van der Waals surface area (Å²) < 4.78 is 0. The summed E-state index contributed by atoms with van der Waals surface area (Å²) in [4.78, 5) is 11.6. The Balaban J connectivity index is 3.65. The fourth-order valence-corrected chi connectivity index (χ4v) is 2.07. The van der Waals surface area contributed by atoms with E-state index in [4.69, 9.17) is 0 Å². The molecular formula is C11H24N2OS. The minimum Gasteiger partial charge on any atom is -0.353 e. The molecule has 2 atom stereocenters. The van der Waals surface area contributed by atoms with E-state index in [9.17, 15) is 4.79 Å². The van der Waals surface area contributed by atoms with E-state index >= 15 is 0 Å². The summed E-state index contributed by atoms with van der Waals surface area (Å²) in [5.41, 5.74) is 0. The molecule has 2 unspecified atom stereocenters. The third-order valence-corrected chi connectivity index (χ3v) is 3.18. The predicted octanol–water partition coefficient (Wildman–Crippen LogP) is 1.49. The molecule has 0 aliphatic heterocycles. The maximum Gasteiger partial charge on any atom is 0.224 e. The van der Waals surface area contributed by atoms with Crippen molar-refractivity contribution in [2.75, 3.05) is 25.1 Å². The molecule has 1 amide bonds. The van der Waals surface area contributed by atoms with Gasteiger partial charge in [0.15, 0.2) is 0 Å². The van der Waals surface area contributed by atoms with Gasteiger partial charge in [-0.3, -0.25) is 4.79 Å². The zero-order chi connectivity index (χ0) is 11.7. The van der Waals surface area contributed by atoms with Crippen molar-refractivity contribution in [1.82, 2.24) is 10.6 Å². The quantitative estimate of drug-likeness (QED) is 0.623. The van der Waals surface area contributed by atoms with Crippen LogP contribution in [-0.2, 0) is 4.79 Å². The van der Waals surface area contributed by atoms with Crippen molar-refractivity contribution in [3.63, 3.8) is 0 Å². The molecule has 4 heteroatoms. The molecule has 0 aliphatic rings. The Kier molecular flexibility index (Phi) is 8.91. The summed E-state index contributed by atoms with van der Waals surface area (Å²) in [7, 11) is 1.87. The molecule has 90 valence electrons. The average molecular weight is 232 g/mol. The highest BCUT2D eigenvalue weighted by molar-refractivity contribution is 7.99. The number of hydrogen-bond acceptors (Lipinski definition) is 3. The second kappa shape index (κ2) is 9.04. The van der Waals surface area contributed by atoms with E-state index in [0.717, 1.165) is 24.5 Å². The van der Waals surface area contributed by atoms with Crippen LogP contribution in [0.5, 0.6) is 0 Å². The van der Waals surface area contributed by atoms with E-state index < -0.39 is 0 Å². The molecule has 15 heavy (non-hydrogen) atoms. The van der Waals surface area contributed by atoms with Gasteiger partial charge >= 0.3 is 0 Å². The normalized spacial score (nSPS) is 14.7. The molecular weight excluding hydrogens is 208 g/mol. The van der Waals surface area contributed by atoms with Gasteiger partial charge in [-0.25, -0.2) is 0 Å². The summed E-state index contributed by atoms with van der Waals surface area (Å²) in [6, 6.07) is 0.288. The fraction of sp³-hybridized carbons (Fsp3) is 0.909. The van der Waals surface area contributed by atoms with Crippen molar-refractivity contribution in [1.29, 1.82) is 0 Å². The second-order valence-corrected chi connectivity index (χ2v) is 5.25. The van der Waals surface area contributed by atoms with Crippen LogP contribution in [0.3, 0.4) is 0 Å². The van der Waals surface area contributed by atoms with E-state index in [-0.39, 0.29) is 17.9 Å². The molecule has 3 nitrogen and oxygen atoms in total. The highest BCUT2D eigenvalue weighted by atomic mass is 32.2. The molecule has 0 heterocycles. The Morgan fingerprint density at radius 1 is 1.40 bits per heavy atom. The minimum absolute atomic E-state index is 0.0521. The zero-order valence-electron chi connectivity index (χ0n) is 10.3. The summed E-state index contributed by atoms with van der Waals surface area (Å²) in [5.74, 6) is 2.48. The number of nitrogens with one attached hydrogen (secondary N) is 2. The standard InChI is InChI=1S/C11H24N2OS/c1-5-15-7-6-10(3)13-11(14)9(2)8-12-4/h9-10,12H,5-8H2,1-4H3,(H,13,14). The smallest absolute Gasteiger partial charge is 0.224 e. The number of amides is 1. The number of carbonyl (C=O) groups is 1. The highest BCUT2D eigenvalue weighted by Gasteiger charge is 2.13. The van der Waals surface area contributed by atoms with Gasteiger partial charge < -0.3 is 10.6 Å². The summed E-state index contributed by atoms with van der Waals surface area (Å²) in [6.45, 7) is 6.91. The zero-order valence-corrected chi connectivity index (χ0v) is 11.1. The van der Waals surface area contributed by atoms with Gasteiger partial charge in [0.1, 0.15) is 0 Å². The van der Waals surface area contributed by atoms with Crippen LogP contribution in [-0.4, -0.2) is 37.0 Å². The van der Waals surface area contributed by atoms with Gasteiger partial charge in [-0.1, -0.05) is 13.8 Å². The van der Waals surface area contributed by atoms with Crippen LogP contribution >= 0.6 is 11.8 Å². The van der Waals surface area contributed by atoms with Gasteiger partial charge in [-0.2, -0.15) is 11.8 Å². The number of rotatable bonds is 8. The molecule has 0 aromatic heterocycles. The van der Waals surface area contributed by atoms with E-state index in [0.29, 0.717) is 0 Å². The fourth-order valence-electron chi connectivity index (χ4n) is 1.26. The van der Waals surface area contributed by atoms with Gasteiger partial charge in [0, 0.05) is 18.5 Å². The number of carbonyl (C=O) groups excluding carboxylic acids is 1. The van der Waals surface area contributed by atoms with Crippen LogP contribution in [0.15, 0.2) is 0 Å². The van der Waals surface area contributed by atoms with Crippen molar-refractivity contribution in [2.45, 2.75) is 33.2 Å². The first-order valence-electron chi connectivity index (χ1n) is 5.64. The van der Waals surface area contributed by atoms with Gasteiger partial charge in [-0.15, -0.1) is 0 Å². The van der Waals surface area contributed by atoms with Crippen LogP contribution in [0.2, 0.25) is 0 Å². The van der Waals surface area contributed by atoms with E-state index in [2.05, 4.69) is 24.5 Å². The topological polar surface area (TPSA) is 41.1 Å². The molecule has 0 bridgehead atoms. The molecule has 0 aliphatic carbocycles. The van der Waals surface area contributed by atoms with Crippen LogP contribution in [0.25, 0.3) is 0 Å². The van der Waals surface area contributed by atoms with Gasteiger partial charge in [0.2, 0.25) is 5.91 Å². The van der Waals surface area contributed by atoms with Crippen LogP contribution < -0.4 is 10.6 Å². The molecule has 0 rings (SSSR count). The molecule has 0 fully saturated rings. The lowest BCUT2D eigenvalue weighted by molar-refractivity contribution is -0.124. The van der Waals surface area contributed by atoms with Gasteiger partial charge in [-0.05, 0) is 31.9 Å². The maximum atomic E-state index is 11.6. The third-order valence-electron chi connectivity index (χ3n) is 2.25. The SMILES string of the molecule is CCSCCC(C)NC(=O)C(C)CNC. The van der Waals surface area contributed by atoms with Crippen molar-refractivity contribution in [2.24, 2.45) is 5.92 Å². The van der Waals surface area contributed by atoms with Gasteiger partial charge in [0.05, 0.1) is 0 Å². The van der Waals surface area contributed by atoms with Gasteiger partial charge in [0.25, 0.3) is 0 Å². The van der Waals surface area contributed by atoms with Crippen molar-refractivity contribution >= 4 is 17.7 Å². The first kappa shape index (κ1) is 14.8. The Labute approximate surface area is 97.8 Å². The highest BCUT2D eigenvalue weighted by Crippen LogP contribution is 2.04. The second-order valence-electron chi connectivity index (χ2n) is 3.85. The summed E-state index contributed by atoms with van der Waals surface area (Å²) >= 11 is 1.92. The van der Waals surface area contributed by atoms with E-state index in [1.807, 2.05) is 25.7 Å². The molecule has 0 spiro atoms. The maximum absolute atomic E-state index is 11.6. The molecule has 0 saturated carbocycles. The molecule has 0 radical (unpaired) electrons. The minimum atomic E-state index is 0.0521. The van der Waals surface area contributed by atoms with Crippen LogP contribution in [0, 0.1) is 5.92 Å². The summed E-state index contributed by atoms with van der Waals surface area (Å²) in [6.07, 6.45) is 1.05. The number of thioether (sulfide) groups is 1. The largest absolute Gasteiger partial charge is 0.353 e.